The first-order chi connectivity index (χ1) is 18.6. The molecule has 0 radical (unpaired) electrons. The molecule has 0 bridgehead atoms. The summed E-state index contributed by atoms with van der Waals surface area (Å²) in [6.45, 7) is 10.1. The van der Waals surface area contributed by atoms with Crippen LogP contribution in [-0.4, -0.2) is 64.2 Å². The number of carbonyl (C=O) groups excluding carboxylic acids is 1. The van der Waals surface area contributed by atoms with Gasteiger partial charge in [-0.3, -0.25) is 0 Å². The highest BCUT2D eigenvalue weighted by atomic mass is 16.6. The van der Waals surface area contributed by atoms with Crippen molar-refractivity contribution in [3.8, 4) is 28.8 Å². The van der Waals surface area contributed by atoms with E-state index in [4.69, 9.17) is 10.5 Å². The van der Waals surface area contributed by atoms with Gasteiger partial charge in [-0.05, 0) is 70.4 Å². The molecule has 1 fully saturated rings. The molecule has 39 heavy (non-hydrogen) atoms. The van der Waals surface area contributed by atoms with E-state index in [-0.39, 0.29) is 18.3 Å². The molecule has 1 aliphatic heterocycles. The molecular formula is C29H35N7O3. The summed E-state index contributed by atoms with van der Waals surface area (Å²) >= 11 is 0. The predicted molar refractivity (Wildman–Crippen MR) is 153 cm³/mol. The maximum atomic E-state index is 11.8. The largest absolute Gasteiger partial charge is 0.507 e. The Hall–Kier alpha value is -4.52. The highest BCUT2D eigenvalue weighted by Crippen LogP contribution is 2.32. The highest BCUT2D eigenvalue weighted by Gasteiger charge is 2.24. The lowest BCUT2D eigenvalue weighted by molar-refractivity contribution is 0.0535. The van der Waals surface area contributed by atoms with Crippen molar-refractivity contribution in [3.05, 3.63) is 54.4 Å². The van der Waals surface area contributed by atoms with Crippen LogP contribution in [0.2, 0.25) is 0 Å². The molecule has 3 aromatic rings. The summed E-state index contributed by atoms with van der Waals surface area (Å²) < 4.78 is 5.22. The van der Waals surface area contributed by atoms with Crippen molar-refractivity contribution < 1.29 is 14.6 Å². The molecule has 1 saturated heterocycles. The van der Waals surface area contributed by atoms with Crippen LogP contribution in [0.25, 0.3) is 11.3 Å². The standard InChI is InChI=1S/C29H35N7O3/c1-20-12-15-35(25-19-24(33-34-27(25)30)23-9-5-6-10-26(23)37)16-17-36(20)22-11-14-31-21(18-22)8-7-13-32-28(38)39-29(2,3)4/h5-6,9-11,14,18-20,37H,12-13,15-17H2,1-4H3,(H2,30,34)(H,32,38)/t20-/m0/s1. The molecule has 1 amide bonds. The van der Waals surface area contributed by atoms with Crippen LogP contribution in [0.1, 0.15) is 39.8 Å². The first-order valence-electron chi connectivity index (χ1n) is 13.0. The molecular weight excluding hydrogens is 494 g/mol. The number of phenolic OH excluding ortho intramolecular Hbond substituents is 1. The fraction of sp³-hybridized carbons (Fsp3) is 0.379. The van der Waals surface area contributed by atoms with Crippen LogP contribution in [0.5, 0.6) is 5.75 Å². The average Bonchev–Trinajstić information content (AvgIpc) is 3.08. The number of hydrogen-bond donors (Lipinski definition) is 3. The number of nitrogens with zero attached hydrogens (tertiary/aromatic N) is 5. The molecule has 0 aliphatic carbocycles. The van der Waals surface area contributed by atoms with Crippen LogP contribution in [0.4, 0.5) is 22.0 Å². The Bertz CT molecular complexity index is 1380. The van der Waals surface area contributed by atoms with Crippen LogP contribution in [0, 0.1) is 11.8 Å². The third-order valence-corrected chi connectivity index (χ3v) is 6.29. The van der Waals surface area contributed by atoms with Gasteiger partial charge in [0.1, 0.15) is 17.0 Å². The lowest BCUT2D eigenvalue weighted by atomic mass is 10.1. The van der Waals surface area contributed by atoms with Gasteiger partial charge in [-0.1, -0.05) is 18.1 Å². The van der Waals surface area contributed by atoms with E-state index in [9.17, 15) is 9.90 Å². The van der Waals surface area contributed by atoms with Gasteiger partial charge in [0, 0.05) is 43.1 Å². The Morgan fingerprint density at radius 3 is 2.74 bits per heavy atom. The third-order valence-electron chi connectivity index (χ3n) is 6.29. The van der Waals surface area contributed by atoms with E-state index in [0.717, 1.165) is 37.4 Å². The summed E-state index contributed by atoms with van der Waals surface area (Å²) in [4.78, 5) is 20.7. The van der Waals surface area contributed by atoms with Crippen molar-refractivity contribution in [1.82, 2.24) is 20.5 Å². The van der Waals surface area contributed by atoms with Crippen molar-refractivity contribution in [2.45, 2.75) is 45.8 Å². The molecule has 3 heterocycles. The molecule has 0 unspecified atom stereocenters. The molecule has 0 spiro atoms. The summed E-state index contributed by atoms with van der Waals surface area (Å²) in [5, 5.41) is 21.3. The number of ether oxygens (including phenoxy) is 1. The number of alkyl carbamates (subject to hydrolysis) is 1. The van der Waals surface area contributed by atoms with Crippen LogP contribution >= 0.6 is 0 Å². The van der Waals surface area contributed by atoms with Crippen LogP contribution in [-0.2, 0) is 4.74 Å². The van der Waals surface area contributed by atoms with Crippen LogP contribution in [0.15, 0.2) is 48.7 Å². The van der Waals surface area contributed by atoms with E-state index in [1.807, 2.05) is 51.1 Å². The zero-order valence-corrected chi connectivity index (χ0v) is 22.8. The lowest BCUT2D eigenvalue weighted by Crippen LogP contribution is -2.35. The number of nitrogen functional groups attached to an aromatic ring is 1. The first-order valence-corrected chi connectivity index (χ1v) is 13.0. The second kappa shape index (κ2) is 11.9. The molecule has 10 nitrogen and oxygen atoms in total. The minimum atomic E-state index is -0.556. The quantitative estimate of drug-likeness (QED) is 0.432. The van der Waals surface area contributed by atoms with E-state index < -0.39 is 11.7 Å². The molecule has 1 atom stereocenters. The monoisotopic (exact) mass is 529 g/mol. The number of aromatic nitrogens is 3. The average molecular weight is 530 g/mol. The molecule has 4 N–H and O–H groups in total. The number of benzene rings is 1. The summed E-state index contributed by atoms with van der Waals surface area (Å²) in [7, 11) is 0. The molecule has 4 rings (SSSR count). The van der Waals surface area contributed by atoms with Crippen LogP contribution < -0.4 is 20.9 Å². The molecule has 0 saturated carbocycles. The van der Waals surface area contributed by atoms with Gasteiger partial charge in [0.15, 0.2) is 5.82 Å². The minimum Gasteiger partial charge on any atom is -0.507 e. The number of para-hydroxylation sites is 1. The van der Waals surface area contributed by atoms with E-state index >= 15 is 0 Å². The summed E-state index contributed by atoms with van der Waals surface area (Å²) in [6.07, 6.45) is 2.15. The van der Waals surface area contributed by atoms with Crippen molar-refractivity contribution in [3.63, 3.8) is 0 Å². The molecule has 10 heteroatoms. The number of hydrogen-bond acceptors (Lipinski definition) is 9. The van der Waals surface area contributed by atoms with Gasteiger partial charge >= 0.3 is 6.09 Å². The maximum absolute atomic E-state index is 11.8. The van der Waals surface area contributed by atoms with Crippen molar-refractivity contribution in [2.24, 2.45) is 0 Å². The number of phenols is 1. The van der Waals surface area contributed by atoms with E-state index in [1.165, 1.54) is 0 Å². The topological polar surface area (TPSA) is 130 Å². The van der Waals surface area contributed by atoms with Crippen LogP contribution in [0.3, 0.4) is 0 Å². The number of amides is 1. The van der Waals surface area contributed by atoms with E-state index in [2.05, 4.69) is 49.1 Å². The number of pyridine rings is 1. The fourth-order valence-corrected chi connectivity index (χ4v) is 4.38. The Morgan fingerprint density at radius 1 is 1.18 bits per heavy atom. The smallest absolute Gasteiger partial charge is 0.408 e. The van der Waals surface area contributed by atoms with E-state index in [0.29, 0.717) is 22.8 Å². The number of anilines is 3. The van der Waals surface area contributed by atoms with Gasteiger partial charge in [0.05, 0.1) is 17.9 Å². The van der Waals surface area contributed by atoms with Gasteiger partial charge < -0.3 is 30.7 Å². The molecule has 1 aromatic carbocycles. The fourth-order valence-electron chi connectivity index (χ4n) is 4.38. The van der Waals surface area contributed by atoms with Gasteiger partial charge in [-0.15, -0.1) is 10.2 Å². The maximum Gasteiger partial charge on any atom is 0.408 e. The number of aromatic hydroxyl groups is 1. The summed E-state index contributed by atoms with van der Waals surface area (Å²) in [5.41, 5.74) is 9.33. The minimum absolute atomic E-state index is 0.149. The number of carbonyl (C=O) groups is 1. The lowest BCUT2D eigenvalue weighted by Gasteiger charge is -2.29. The van der Waals surface area contributed by atoms with Crippen molar-refractivity contribution in [2.75, 3.05) is 41.7 Å². The first kappa shape index (κ1) is 27.5. The molecule has 1 aliphatic rings. The number of rotatable bonds is 4. The SMILES string of the molecule is C[C@H]1CCN(c2cc(-c3ccccc3O)nnc2N)CCN1c1ccnc(C#CCNC(=O)OC(C)(C)C)c1. The molecule has 204 valence electrons. The summed E-state index contributed by atoms with van der Waals surface area (Å²) in [5.74, 6) is 6.46. The Labute approximate surface area is 229 Å². The second-order valence-electron chi connectivity index (χ2n) is 10.4. The third kappa shape index (κ3) is 7.29. The van der Waals surface area contributed by atoms with Crippen molar-refractivity contribution >= 4 is 23.3 Å². The Morgan fingerprint density at radius 2 is 1.97 bits per heavy atom. The van der Waals surface area contributed by atoms with Gasteiger partial charge in [-0.2, -0.15) is 0 Å². The predicted octanol–water partition coefficient (Wildman–Crippen LogP) is 3.81. The number of nitrogens with two attached hydrogens (primary N) is 1. The van der Waals surface area contributed by atoms with E-state index in [1.54, 1.807) is 18.3 Å². The van der Waals surface area contributed by atoms with Gasteiger partial charge in [-0.25, -0.2) is 9.78 Å². The van der Waals surface area contributed by atoms with Crippen molar-refractivity contribution in [1.29, 1.82) is 0 Å². The second-order valence-corrected chi connectivity index (χ2v) is 10.4. The highest BCUT2D eigenvalue weighted by molar-refractivity contribution is 5.74. The number of nitrogens with one attached hydrogen (secondary N) is 1. The Balaban J connectivity index is 1.45. The Kier molecular flexibility index (Phi) is 8.39. The zero-order chi connectivity index (χ0) is 28.0. The normalized spacial score (nSPS) is 15.6. The zero-order valence-electron chi connectivity index (χ0n) is 22.8. The van der Waals surface area contributed by atoms with Gasteiger partial charge in [0.2, 0.25) is 0 Å². The molecule has 2 aromatic heterocycles. The summed E-state index contributed by atoms with van der Waals surface area (Å²) in [6, 6.07) is 13.2. The van der Waals surface area contributed by atoms with Gasteiger partial charge in [0.25, 0.3) is 0 Å².